The summed E-state index contributed by atoms with van der Waals surface area (Å²) in [5, 5.41) is 19.1. The van der Waals surface area contributed by atoms with E-state index in [0.29, 0.717) is 12.8 Å². The van der Waals surface area contributed by atoms with Crippen LogP contribution in [0.3, 0.4) is 0 Å². The van der Waals surface area contributed by atoms with Gasteiger partial charge in [-0.15, -0.1) is 0 Å². The number of carboxylic acids is 2. The van der Waals surface area contributed by atoms with Crippen molar-refractivity contribution in [2.75, 3.05) is 6.61 Å². The summed E-state index contributed by atoms with van der Waals surface area (Å²) in [6.07, 6.45) is 0.338. The van der Waals surface area contributed by atoms with Gasteiger partial charge in [0, 0.05) is 18.0 Å². The minimum Gasteiger partial charge on any atom is -0.481 e. The molecule has 7 heteroatoms. The van der Waals surface area contributed by atoms with E-state index in [2.05, 4.69) is 0 Å². The minimum atomic E-state index is -1.17. The molecule has 2 bridgehead atoms. The summed E-state index contributed by atoms with van der Waals surface area (Å²) in [4.78, 5) is 37.7. The van der Waals surface area contributed by atoms with Crippen LogP contribution in [0.25, 0.3) is 11.1 Å². The lowest BCUT2D eigenvalue weighted by Gasteiger charge is -2.23. The maximum atomic E-state index is 12.9. The Balaban J connectivity index is 1.37. The number of hydrogen-bond donors (Lipinski definition) is 2. The van der Waals surface area contributed by atoms with Gasteiger partial charge in [-0.3, -0.25) is 9.59 Å². The molecule has 1 amide bonds. The number of aliphatic carboxylic acids is 2. The fourth-order valence-corrected chi connectivity index (χ4v) is 5.63. The lowest BCUT2D eigenvalue weighted by Crippen LogP contribution is -2.38. The van der Waals surface area contributed by atoms with Crippen molar-refractivity contribution in [1.82, 2.24) is 4.90 Å². The van der Waals surface area contributed by atoms with Crippen molar-refractivity contribution < 1.29 is 29.3 Å². The van der Waals surface area contributed by atoms with Crippen LogP contribution >= 0.6 is 0 Å². The van der Waals surface area contributed by atoms with Gasteiger partial charge in [0.1, 0.15) is 6.61 Å². The average Bonchev–Trinajstić information content (AvgIpc) is 3.40. The quantitative estimate of drug-likeness (QED) is 0.807. The molecule has 4 unspecified atom stereocenters. The van der Waals surface area contributed by atoms with Crippen LogP contribution in [0.15, 0.2) is 48.5 Å². The van der Waals surface area contributed by atoms with E-state index in [0.717, 1.165) is 22.3 Å². The molecule has 0 saturated carbocycles. The number of carbonyl (C=O) groups excluding carboxylic acids is 1. The van der Waals surface area contributed by atoms with Crippen molar-refractivity contribution in [3.05, 3.63) is 59.7 Å². The number of carbonyl (C=O) groups is 3. The van der Waals surface area contributed by atoms with Gasteiger partial charge in [-0.1, -0.05) is 48.5 Å². The molecule has 7 nitrogen and oxygen atoms in total. The fourth-order valence-electron chi connectivity index (χ4n) is 5.63. The summed E-state index contributed by atoms with van der Waals surface area (Å²) in [6.45, 7) is 0.123. The van der Waals surface area contributed by atoms with E-state index in [1.165, 1.54) is 4.90 Å². The molecule has 2 N–H and O–H groups in total. The predicted molar refractivity (Wildman–Crippen MR) is 106 cm³/mol. The molecule has 2 heterocycles. The van der Waals surface area contributed by atoms with Gasteiger partial charge in [0.2, 0.25) is 0 Å². The smallest absolute Gasteiger partial charge is 0.410 e. The highest BCUT2D eigenvalue weighted by molar-refractivity contribution is 5.85. The third-order valence-electron chi connectivity index (χ3n) is 6.81. The molecule has 2 saturated heterocycles. The first kappa shape index (κ1) is 18.7. The Bertz CT molecular complexity index is 976. The number of amides is 1. The van der Waals surface area contributed by atoms with Crippen LogP contribution in [0.2, 0.25) is 0 Å². The van der Waals surface area contributed by atoms with Crippen molar-refractivity contribution in [2.24, 2.45) is 11.8 Å². The molecule has 3 aliphatic rings. The normalized spacial score (nSPS) is 26.3. The van der Waals surface area contributed by atoms with E-state index in [1.54, 1.807) is 0 Å². The summed E-state index contributed by atoms with van der Waals surface area (Å²) in [5.41, 5.74) is 4.41. The molecule has 4 atom stereocenters. The van der Waals surface area contributed by atoms with E-state index < -0.39 is 42.0 Å². The fraction of sp³-hybridized carbons (Fsp3) is 0.348. The molecule has 0 radical (unpaired) electrons. The second kappa shape index (κ2) is 6.86. The highest BCUT2D eigenvalue weighted by atomic mass is 16.6. The number of hydrogen-bond acceptors (Lipinski definition) is 4. The summed E-state index contributed by atoms with van der Waals surface area (Å²) in [6, 6.07) is 14.7. The Hall–Kier alpha value is -3.35. The third kappa shape index (κ3) is 2.61. The predicted octanol–water partition coefficient (Wildman–Crippen LogP) is 3.18. The Kier molecular flexibility index (Phi) is 4.27. The van der Waals surface area contributed by atoms with Crippen molar-refractivity contribution in [3.63, 3.8) is 0 Å². The molecule has 2 fully saturated rings. The number of nitrogens with zero attached hydrogens (tertiary/aromatic N) is 1. The van der Waals surface area contributed by atoms with E-state index in [4.69, 9.17) is 4.74 Å². The van der Waals surface area contributed by atoms with Crippen molar-refractivity contribution in [1.29, 1.82) is 0 Å². The van der Waals surface area contributed by atoms with E-state index in [1.807, 2.05) is 48.5 Å². The number of rotatable bonds is 4. The summed E-state index contributed by atoms with van der Waals surface area (Å²) < 4.78 is 5.66. The molecule has 1 aliphatic carbocycles. The first-order valence-electron chi connectivity index (χ1n) is 10.1. The van der Waals surface area contributed by atoms with Gasteiger partial charge < -0.3 is 19.8 Å². The lowest BCUT2D eigenvalue weighted by molar-refractivity contribution is -0.154. The van der Waals surface area contributed by atoms with Crippen LogP contribution in [0.4, 0.5) is 4.79 Å². The maximum Gasteiger partial charge on any atom is 0.410 e. The highest BCUT2D eigenvalue weighted by Gasteiger charge is 2.61. The molecule has 5 rings (SSSR count). The number of benzene rings is 2. The second-order valence-electron chi connectivity index (χ2n) is 8.15. The number of ether oxygens (including phenoxy) is 1. The first-order chi connectivity index (χ1) is 14.5. The van der Waals surface area contributed by atoms with Crippen LogP contribution in [0.5, 0.6) is 0 Å². The summed E-state index contributed by atoms with van der Waals surface area (Å²) in [5.74, 6) is -4.65. The minimum absolute atomic E-state index is 0.104. The maximum absolute atomic E-state index is 12.9. The average molecular weight is 407 g/mol. The Labute approximate surface area is 172 Å². The molecule has 30 heavy (non-hydrogen) atoms. The molecule has 2 aromatic rings. The van der Waals surface area contributed by atoms with E-state index in [9.17, 15) is 24.6 Å². The highest BCUT2D eigenvalue weighted by Crippen LogP contribution is 2.47. The molecule has 0 aromatic heterocycles. The van der Waals surface area contributed by atoms with Gasteiger partial charge in [0.05, 0.1) is 11.8 Å². The number of fused-ring (bicyclic) bond motifs is 5. The number of carboxylic acid groups (broad SMARTS) is 2. The molecule has 2 aromatic carbocycles. The van der Waals surface area contributed by atoms with Gasteiger partial charge in [0.15, 0.2) is 0 Å². The third-order valence-corrected chi connectivity index (χ3v) is 6.81. The van der Waals surface area contributed by atoms with Crippen LogP contribution in [-0.4, -0.2) is 51.8 Å². The Morgan fingerprint density at radius 3 is 1.77 bits per heavy atom. The van der Waals surface area contributed by atoms with Crippen LogP contribution in [0.1, 0.15) is 29.9 Å². The van der Waals surface area contributed by atoms with E-state index >= 15 is 0 Å². The van der Waals surface area contributed by atoms with Gasteiger partial charge in [-0.05, 0) is 35.1 Å². The molecule has 0 spiro atoms. The Morgan fingerprint density at radius 2 is 1.30 bits per heavy atom. The van der Waals surface area contributed by atoms with Gasteiger partial charge >= 0.3 is 18.0 Å². The topological polar surface area (TPSA) is 104 Å². The molecule has 154 valence electrons. The van der Waals surface area contributed by atoms with Crippen molar-refractivity contribution >= 4 is 18.0 Å². The Morgan fingerprint density at radius 1 is 0.833 bits per heavy atom. The molecule has 2 aliphatic heterocycles. The zero-order valence-electron chi connectivity index (χ0n) is 16.1. The van der Waals surface area contributed by atoms with Crippen LogP contribution < -0.4 is 0 Å². The molecular weight excluding hydrogens is 386 g/mol. The lowest BCUT2D eigenvalue weighted by atomic mass is 9.79. The van der Waals surface area contributed by atoms with E-state index in [-0.39, 0.29) is 12.5 Å². The summed E-state index contributed by atoms with van der Waals surface area (Å²) in [7, 11) is 0. The van der Waals surface area contributed by atoms with Crippen LogP contribution in [0, 0.1) is 11.8 Å². The zero-order chi connectivity index (χ0) is 21.0. The van der Waals surface area contributed by atoms with Gasteiger partial charge in [-0.25, -0.2) is 4.79 Å². The monoisotopic (exact) mass is 407 g/mol. The summed E-state index contributed by atoms with van der Waals surface area (Å²) >= 11 is 0. The van der Waals surface area contributed by atoms with Crippen molar-refractivity contribution in [3.8, 4) is 11.1 Å². The van der Waals surface area contributed by atoms with Gasteiger partial charge in [-0.2, -0.15) is 0 Å². The largest absolute Gasteiger partial charge is 0.481 e. The SMILES string of the molecule is O=C(O)C1C(C(=O)O)C2CCC1N2C(=O)OCC1c2ccccc2-c2ccccc21. The molecular formula is C23H21NO6. The van der Waals surface area contributed by atoms with Gasteiger partial charge in [0.25, 0.3) is 0 Å². The second-order valence-corrected chi connectivity index (χ2v) is 8.15. The van der Waals surface area contributed by atoms with Crippen LogP contribution in [-0.2, 0) is 14.3 Å². The first-order valence-corrected chi connectivity index (χ1v) is 10.1. The zero-order valence-corrected chi connectivity index (χ0v) is 16.1. The standard InChI is InChI=1S/C23H21NO6/c25-21(26)19-17-9-10-18(20(19)22(27)28)24(17)23(29)30-11-16-14-7-3-1-5-12(14)13-6-2-4-8-15(13)16/h1-8,16-20H,9-11H2,(H,25,26)(H,27,28). The van der Waals surface area contributed by atoms with Crippen molar-refractivity contribution in [2.45, 2.75) is 30.8 Å².